The van der Waals surface area contributed by atoms with Crippen molar-refractivity contribution in [1.29, 1.82) is 0 Å². The minimum absolute atomic E-state index is 0.0458. The van der Waals surface area contributed by atoms with Crippen LogP contribution in [0.1, 0.15) is 22.1 Å². The smallest absolute Gasteiger partial charge is 0.416 e. The minimum atomic E-state index is -4.36. The predicted octanol–water partition coefficient (Wildman–Crippen LogP) is 5.30. The Morgan fingerprint density at radius 1 is 1.00 bits per heavy atom. The van der Waals surface area contributed by atoms with Gasteiger partial charge in [0, 0.05) is 31.9 Å². The van der Waals surface area contributed by atoms with Crippen molar-refractivity contribution in [2.24, 2.45) is 0 Å². The summed E-state index contributed by atoms with van der Waals surface area (Å²) in [5.41, 5.74) is 1.13. The van der Waals surface area contributed by atoms with Gasteiger partial charge in [0.15, 0.2) is 6.61 Å². The van der Waals surface area contributed by atoms with Crippen molar-refractivity contribution in [1.82, 2.24) is 4.90 Å². The first-order chi connectivity index (χ1) is 15.4. The minimum Gasteiger partial charge on any atom is -0.484 e. The summed E-state index contributed by atoms with van der Waals surface area (Å²) in [5.74, 6) is 2.92. The molecule has 0 saturated carbocycles. The lowest BCUT2D eigenvalue weighted by Gasteiger charge is -2.36. The molecule has 2 saturated heterocycles. The van der Waals surface area contributed by atoms with Crippen LogP contribution < -0.4 is 9.64 Å². The number of thioether (sulfide) groups is 2. The molecule has 0 spiro atoms. The van der Waals surface area contributed by atoms with Gasteiger partial charge >= 0.3 is 6.18 Å². The van der Waals surface area contributed by atoms with E-state index in [0.29, 0.717) is 42.2 Å². The maximum atomic E-state index is 13.0. The van der Waals surface area contributed by atoms with E-state index in [4.69, 9.17) is 4.74 Å². The number of ether oxygens (including phenoxy) is 1. The molecular weight excluding hydrogens is 457 g/mol. The maximum absolute atomic E-state index is 13.0. The molecule has 2 aliphatic heterocycles. The first-order valence-corrected chi connectivity index (χ1v) is 12.7. The monoisotopic (exact) mass is 482 g/mol. The van der Waals surface area contributed by atoms with Gasteiger partial charge in [-0.15, -0.1) is 23.5 Å². The van der Waals surface area contributed by atoms with E-state index in [-0.39, 0.29) is 12.5 Å². The number of rotatable bonds is 5. The first kappa shape index (κ1) is 23.2. The van der Waals surface area contributed by atoms with Gasteiger partial charge in [-0.1, -0.05) is 18.2 Å². The Hall–Kier alpha value is -2.00. The molecule has 4 rings (SSSR count). The van der Waals surface area contributed by atoms with E-state index in [1.807, 2.05) is 40.6 Å². The normalized spacial score (nSPS) is 18.0. The molecule has 0 atom stereocenters. The van der Waals surface area contributed by atoms with Gasteiger partial charge < -0.3 is 14.5 Å². The van der Waals surface area contributed by atoms with Crippen LogP contribution in [0.15, 0.2) is 48.5 Å². The van der Waals surface area contributed by atoms with Crippen LogP contribution in [0.4, 0.5) is 18.9 Å². The summed E-state index contributed by atoms with van der Waals surface area (Å²) in [6, 6.07) is 13.2. The summed E-state index contributed by atoms with van der Waals surface area (Å²) in [6.07, 6.45) is -3.11. The van der Waals surface area contributed by atoms with Gasteiger partial charge in [0.2, 0.25) is 0 Å². The second kappa shape index (κ2) is 10.3. The standard InChI is InChI=1S/C23H25F3N2O2S2/c24-23(25,26)18-3-1-4-19(15-18)27-9-11-28(12-10-27)21(29)16-30-20-7-5-17(6-8-20)22-31-13-2-14-32-22/h1,3-8,15,22H,2,9-14,16H2. The molecule has 32 heavy (non-hydrogen) atoms. The van der Waals surface area contributed by atoms with Gasteiger partial charge in [-0.05, 0) is 53.8 Å². The van der Waals surface area contributed by atoms with Gasteiger partial charge in [0.05, 0.1) is 10.1 Å². The van der Waals surface area contributed by atoms with Crippen LogP contribution in [0, 0.1) is 0 Å². The first-order valence-electron chi connectivity index (χ1n) is 10.6. The number of carbonyl (C=O) groups excluding carboxylic acids is 1. The van der Waals surface area contributed by atoms with Crippen molar-refractivity contribution < 1.29 is 22.7 Å². The third kappa shape index (κ3) is 5.86. The fraction of sp³-hybridized carbons (Fsp3) is 0.435. The number of alkyl halides is 3. The topological polar surface area (TPSA) is 32.8 Å². The van der Waals surface area contributed by atoms with E-state index in [1.165, 1.54) is 29.6 Å². The number of carbonyl (C=O) groups is 1. The van der Waals surface area contributed by atoms with Crippen LogP contribution in [0.25, 0.3) is 0 Å². The van der Waals surface area contributed by atoms with E-state index >= 15 is 0 Å². The zero-order valence-corrected chi connectivity index (χ0v) is 19.1. The Morgan fingerprint density at radius 2 is 1.69 bits per heavy atom. The molecule has 0 aliphatic carbocycles. The Bertz CT molecular complexity index is 910. The molecule has 2 aromatic rings. The number of halogens is 3. The molecule has 0 radical (unpaired) electrons. The highest BCUT2D eigenvalue weighted by Gasteiger charge is 2.31. The fourth-order valence-electron chi connectivity index (χ4n) is 3.73. The highest BCUT2D eigenvalue weighted by atomic mass is 32.2. The van der Waals surface area contributed by atoms with Crippen LogP contribution >= 0.6 is 23.5 Å². The lowest BCUT2D eigenvalue weighted by molar-refractivity contribution is -0.137. The van der Waals surface area contributed by atoms with E-state index in [0.717, 1.165) is 12.1 Å². The van der Waals surface area contributed by atoms with Crippen LogP contribution in [0.5, 0.6) is 5.75 Å². The van der Waals surface area contributed by atoms with Crippen LogP contribution in [0.3, 0.4) is 0 Å². The lowest BCUT2D eigenvalue weighted by atomic mass is 10.1. The summed E-state index contributed by atoms with van der Waals surface area (Å²) >= 11 is 3.92. The third-order valence-corrected chi connectivity index (χ3v) is 8.53. The number of nitrogens with zero attached hydrogens (tertiary/aromatic N) is 2. The van der Waals surface area contributed by atoms with Gasteiger partial charge in [-0.3, -0.25) is 4.79 Å². The van der Waals surface area contributed by atoms with Crippen molar-refractivity contribution in [3.05, 3.63) is 59.7 Å². The van der Waals surface area contributed by atoms with E-state index in [2.05, 4.69) is 12.1 Å². The van der Waals surface area contributed by atoms with Crippen LogP contribution in [-0.2, 0) is 11.0 Å². The number of amides is 1. The van der Waals surface area contributed by atoms with Crippen molar-refractivity contribution in [2.45, 2.75) is 17.2 Å². The SMILES string of the molecule is O=C(COc1ccc(C2SCCCS2)cc1)N1CCN(c2cccc(C(F)(F)F)c2)CC1. The summed E-state index contributed by atoms with van der Waals surface area (Å²) in [6.45, 7) is 1.83. The average molecular weight is 483 g/mol. The molecule has 0 aromatic heterocycles. The van der Waals surface area contributed by atoms with Gasteiger partial charge in [0.1, 0.15) is 5.75 Å². The largest absolute Gasteiger partial charge is 0.484 e. The summed E-state index contributed by atoms with van der Waals surface area (Å²) < 4.78 is 45.0. The third-order valence-electron chi connectivity index (χ3n) is 5.51. The lowest BCUT2D eigenvalue weighted by Crippen LogP contribution is -2.50. The Morgan fingerprint density at radius 3 is 2.34 bits per heavy atom. The highest BCUT2D eigenvalue weighted by Crippen LogP contribution is 2.43. The second-order valence-electron chi connectivity index (χ2n) is 7.70. The Kier molecular flexibility index (Phi) is 7.45. The zero-order valence-electron chi connectivity index (χ0n) is 17.5. The van der Waals surface area contributed by atoms with E-state index in [1.54, 1.807) is 11.0 Å². The average Bonchev–Trinajstić information content (AvgIpc) is 2.83. The number of anilines is 1. The highest BCUT2D eigenvalue weighted by molar-refractivity contribution is 8.16. The summed E-state index contributed by atoms with van der Waals surface area (Å²) in [4.78, 5) is 16.1. The van der Waals surface area contributed by atoms with Gasteiger partial charge in [0.25, 0.3) is 5.91 Å². The van der Waals surface area contributed by atoms with Crippen LogP contribution in [0.2, 0.25) is 0 Å². The molecule has 0 N–H and O–H groups in total. The Balaban J connectivity index is 1.25. The summed E-state index contributed by atoms with van der Waals surface area (Å²) in [7, 11) is 0. The number of hydrogen-bond acceptors (Lipinski definition) is 5. The van der Waals surface area contributed by atoms with Crippen molar-refractivity contribution in [3.8, 4) is 5.75 Å². The molecule has 172 valence electrons. The molecule has 2 heterocycles. The fourth-order valence-corrected chi connectivity index (χ4v) is 6.63. The van der Waals surface area contributed by atoms with Gasteiger partial charge in [-0.25, -0.2) is 0 Å². The van der Waals surface area contributed by atoms with Crippen LogP contribution in [-0.4, -0.2) is 55.1 Å². The molecule has 2 fully saturated rings. The summed E-state index contributed by atoms with van der Waals surface area (Å²) in [5, 5.41) is 0. The molecule has 2 aliphatic rings. The number of piperazine rings is 1. The van der Waals surface area contributed by atoms with Crippen molar-refractivity contribution >= 4 is 35.1 Å². The molecule has 0 unspecified atom stereocenters. The van der Waals surface area contributed by atoms with Crippen molar-refractivity contribution in [2.75, 3.05) is 49.2 Å². The molecule has 1 amide bonds. The van der Waals surface area contributed by atoms with Gasteiger partial charge in [-0.2, -0.15) is 13.2 Å². The maximum Gasteiger partial charge on any atom is 0.416 e. The molecular formula is C23H25F3N2O2S2. The second-order valence-corrected chi connectivity index (χ2v) is 10.4. The van der Waals surface area contributed by atoms with E-state index in [9.17, 15) is 18.0 Å². The number of benzene rings is 2. The zero-order chi connectivity index (χ0) is 22.6. The number of hydrogen-bond donors (Lipinski definition) is 0. The molecule has 9 heteroatoms. The molecule has 0 bridgehead atoms. The molecule has 2 aromatic carbocycles. The van der Waals surface area contributed by atoms with E-state index < -0.39 is 11.7 Å². The van der Waals surface area contributed by atoms with Crippen molar-refractivity contribution in [3.63, 3.8) is 0 Å². The quantitative estimate of drug-likeness (QED) is 0.578. The Labute approximate surface area is 194 Å². The molecule has 4 nitrogen and oxygen atoms in total. The predicted molar refractivity (Wildman–Crippen MR) is 124 cm³/mol.